The summed E-state index contributed by atoms with van der Waals surface area (Å²) in [5, 5.41) is 9.80. The van der Waals surface area contributed by atoms with Gasteiger partial charge in [0.05, 0.1) is 24.9 Å². The van der Waals surface area contributed by atoms with E-state index in [9.17, 15) is 13.2 Å². The van der Waals surface area contributed by atoms with Crippen molar-refractivity contribution in [3.8, 4) is 0 Å². The number of alkyl halides is 3. The molecule has 1 N–H and O–H groups in total. The molecule has 0 saturated carbocycles. The molecule has 0 unspecified atom stereocenters. The Morgan fingerprint density at radius 1 is 1.31 bits per heavy atom. The minimum Gasteiger partial charge on any atom is -0.378 e. The molecule has 0 spiro atoms. The van der Waals surface area contributed by atoms with Gasteiger partial charge in [-0.15, -0.1) is 5.10 Å². The molecule has 1 fully saturated rings. The largest absolute Gasteiger partial charge is 0.435 e. The molecule has 88 valence electrons. The molecule has 0 radical (unpaired) electrons. The monoisotopic (exact) mass is 233 g/mol. The van der Waals surface area contributed by atoms with Crippen LogP contribution in [0.4, 0.5) is 13.2 Å². The van der Waals surface area contributed by atoms with Gasteiger partial charge in [0, 0.05) is 6.54 Å². The maximum Gasteiger partial charge on any atom is 0.435 e. The second kappa shape index (κ2) is 4.34. The summed E-state index contributed by atoms with van der Waals surface area (Å²) in [5.41, 5.74) is -0.513. The van der Waals surface area contributed by atoms with Gasteiger partial charge in [-0.05, 0) is 12.1 Å². The molecule has 0 aliphatic carbocycles. The molecule has 2 heterocycles. The fourth-order valence-electron chi connectivity index (χ4n) is 1.44. The molecular formula is C9H10F3N3O. The molecule has 0 amide bonds. The van der Waals surface area contributed by atoms with E-state index >= 15 is 0 Å². The molecule has 2 rings (SSSR count). The smallest absolute Gasteiger partial charge is 0.378 e. The van der Waals surface area contributed by atoms with Gasteiger partial charge in [-0.2, -0.15) is 18.3 Å². The van der Waals surface area contributed by atoms with Crippen molar-refractivity contribution in [2.45, 2.75) is 12.2 Å². The lowest BCUT2D eigenvalue weighted by Crippen LogP contribution is -2.35. The molecule has 1 aliphatic rings. The van der Waals surface area contributed by atoms with Gasteiger partial charge in [-0.1, -0.05) is 0 Å². The standard InChI is InChI=1S/C9H10F3N3O/c10-9(11,12)8-2-1-6(14-15-8)7-5-16-4-3-13-7/h1-2,7,13H,3-5H2/t7-/m0/s1. The van der Waals surface area contributed by atoms with Crippen molar-refractivity contribution >= 4 is 0 Å². The zero-order chi connectivity index (χ0) is 11.6. The van der Waals surface area contributed by atoms with Crippen LogP contribution < -0.4 is 5.32 Å². The van der Waals surface area contributed by atoms with Gasteiger partial charge in [0.25, 0.3) is 0 Å². The first kappa shape index (κ1) is 11.3. The third kappa shape index (κ3) is 2.48. The number of hydrogen-bond acceptors (Lipinski definition) is 4. The van der Waals surface area contributed by atoms with Crippen LogP contribution in [0.25, 0.3) is 0 Å². The van der Waals surface area contributed by atoms with Gasteiger partial charge in [-0.25, -0.2) is 0 Å². The molecule has 0 bridgehead atoms. The van der Waals surface area contributed by atoms with E-state index in [1.165, 1.54) is 6.07 Å². The summed E-state index contributed by atoms with van der Waals surface area (Å²) in [4.78, 5) is 0. The first-order valence-electron chi connectivity index (χ1n) is 4.79. The van der Waals surface area contributed by atoms with Gasteiger partial charge in [0.15, 0.2) is 5.69 Å². The van der Waals surface area contributed by atoms with Gasteiger partial charge >= 0.3 is 6.18 Å². The number of morpholine rings is 1. The molecule has 1 aliphatic heterocycles. The summed E-state index contributed by atoms with van der Waals surface area (Å²) >= 11 is 0. The van der Waals surface area contributed by atoms with Crippen LogP contribution in [0.2, 0.25) is 0 Å². The number of ether oxygens (including phenoxy) is 1. The van der Waals surface area contributed by atoms with E-state index in [4.69, 9.17) is 4.74 Å². The van der Waals surface area contributed by atoms with Crippen LogP contribution in [0.1, 0.15) is 17.4 Å². The Bertz CT molecular complexity index is 346. The van der Waals surface area contributed by atoms with E-state index in [-0.39, 0.29) is 6.04 Å². The van der Waals surface area contributed by atoms with E-state index in [1.807, 2.05) is 0 Å². The lowest BCUT2D eigenvalue weighted by atomic mass is 10.2. The van der Waals surface area contributed by atoms with Crippen LogP contribution in [0, 0.1) is 0 Å². The quantitative estimate of drug-likeness (QED) is 0.790. The van der Waals surface area contributed by atoms with Crippen molar-refractivity contribution in [1.82, 2.24) is 15.5 Å². The van der Waals surface area contributed by atoms with Crippen LogP contribution in [0.15, 0.2) is 12.1 Å². The van der Waals surface area contributed by atoms with Crippen molar-refractivity contribution < 1.29 is 17.9 Å². The topological polar surface area (TPSA) is 47.0 Å². The summed E-state index contributed by atoms with van der Waals surface area (Å²) in [5.74, 6) is 0. The average Bonchev–Trinajstić information content (AvgIpc) is 2.29. The molecule has 16 heavy (non-hydrogen) atoms. The Kier molecular flexibility index (Phi) is 3.06. The van der Waals surface area contributed by atoms with E-state index < -0.39 is 11.9 Å². The van der Waals surface area contributed by atoms with Crippen molar-refractivity contribution in [1.29, 1.82) is 0 Å². The fraction of sp³-hybridized carbons (Fsp3) is 0.556. The predicted octanol–water partition coefficient (Wildman–Crippen LogP) is 1.16. The van der Waals surface area contributed by atoms with Crippen LogP contribution in [-0.2, 0) is 10.9 Å². The molecule has 1 atom stereocenters. The molecule has 4 nitrogen and oxygen atoms in total. The van der Waals surface area contributed by atoms with E-state index in [0.717, 1.165) is 6.07 Å². The summed E-state index contributed by atoms with van der Waals surface area (Å²) in [7, 11) is 0. The Morgan fingerprint density at radius 2 is 2.12 bits per heavy atom. The molecule has 1 saturated heterocycles. The second-order valence-corrected chi connectivity index (χ2v) is 3.42. The molecule has 0 aromatic carbocycles. The van der Waals surface area contributed by atoms with Gasteiger partial charge < -0.3 is 10.1 Å². The zero-order valence-corrected chi connectivity index (χ0v) is 8.29. The van der Waals surface area contributed by atoms with Crippen molar-refractivity contribution in [2.24, 2.45) is 0 Å². The summed E-state index contributed by atoms with van der Waals surface area (Å²) in [6.07, 6.45) is -4.44. The van der Waals surface area contributed by atoms with Gasteiger partial charge in [-0.3, -0.25) is 0 Å². The van der Waals surface area contributed by atoms with Crippen molar-refractivity contribution in [2.75, 3.05) is 19.8 Å². The van der Waals surface area contributed by atoms with E-state index in [2.05, 4.69) is 15.5 Å². The predicted molar refractivity (Wildman–Crippen MR) is 48.6 cm³/mol. The SMILES string of the molecule is FC(F)(F)c1ccc([C@@H]2COCCN2)nn1. The summed E-state index contributed by atoms with van der Waals surface area (Å²) < 4.78 is 41.8. The van der Waals surface area contributed by atoms with Gasteiger partial charge in [0.1, 0.15) is 0 Å². The Labute approximate surface area is 89.8 Å². The van der Waals surface area contributed by atoms with Crippen molar-refractivity contribution in [3.63, 3.8) is 0 Å². The molecule has 1 aromatic rings. The van der Waals surface area contributed by atoms with E-state index in [0.29, 0.717) is 25.5 Å². The van der Waals surface area contributed by atoms with Gasteiger partial charge in [0.2, 0.25) is 0 Å². The molecule has 1 aromatic heterocycles. The highest BCUT2D eigenvalue weighted by Gasteiger charge is 2.33. The first-order chi connectivity index (χ1) is 7.57. The third-order valence-corrected chi connectivity index (χ3v) is 2.25. The third-order valence-electron chi connectivity index (χ3n) is 2.25. The lowest BCUT2D eigenvalue weighted by molar-refractivity contribution is -0.141. The maximum absolute atomic E-state index is 12.2. The summed E-state index contributed by atoms with van der Waals surface area (Å²) in [6.45, 7) is 1.66. The van der Waals surface area contributed by atoms with Crippen molar-refractivity contribution in [3.05, 3.63) is 23.5 Å². The first-order valence-corrected chi connectivity index (χ1v) is 4.79. The van der Waals surface area contributed by atoms with Crippen LogP contribution in [0.3, 0.4) is 0 Å². The molecular weight excluding hydrogens is 223 g/mol. The van der Waals surface area contributed by atoms with Crippen LogP contribution >= 0.6 is 0 Å². The number of aromatic nitrogens is 2. The number of halogens is 3. The van der Waals surface area contributed by atoms with Crippen LogP contribution in [0.5, 0.6) is 0 Å². The minimum atomic E-state index is -4.44. The average molecular weight is 233 g/mol. The fourth-order valence-corrected chi connectivity index (χ4v) is 1.44. The number of hydrogen-bond donors (Lipinski definition) is 1. The number of rotatable bonds is 1. The van der Waals surface area contributed by atoms with E-state index in [1.54, 1.807) is 0 Å². The maximum atomic E-state index is 12.2. The Hall–Kier alpha value is -1.21. The summed E-state index contributed by atoms with van der Waals surface area (Å²) in [6, 6.07) is 2.07. The lowest BCUT2D eigenvalue weighted by Gasteiger charge is -2.22. The highest BCUT2D eigenvalue weighted by molar-refractivity contribution is 5.12. The Balaban J connectivity index is 2.12. The number of nitrogens with zero attached hydrogens (tertiary/aromatic N) is 2. The minimum absolute atomic E-state index is 0.177. The highest BCUT2D eigenvalue weighted by Crippen LogP contribution is 2.27. The Morgan fingerprint density at radius 3 is 2.62 bits per heavy atom. The zero-order valence-electron chi connectivity index (χ0n) is 8.29. The number of nitrogens with one attached hydrogen (secondary N) is 1. The van der Waals surface area contributed by atoms with Crippen LogP contribution in [-0.4, -0.2) is 30.0 Å². The second-order valence-electron chi connectivity index (χ2n) is 3.42. The normalized spacial score (nSPS) is 22.1. The highest BCUT2D eigenvalue weighted by atomic mass is 19.4. The molecule has 7 heteroatoms.